The monoisotopic (exact) mass is 1170 g/mol. The number of nitrogens with zero attached hydrogens (tertiary/aromatic N) is 5. The Morgan fingerprint density at radius 1 is 0.253 bits per heavy atom. The summed E-state index contributed by atoms with van der Waals surface area (Å²) < 4.78 is 0. The van der Waals surface area contributed by atoms with Gasteiger partial charge in [0.15, 0.2) is 0 Å². The fraction of sp³-hybridized carbons (Fsp3) is 1.00. The summed E-state index contributed by atoms with van der Waals surface area (Å²) >= 11 is 0. The van der Waals surface area contributed by atoms with E-state index in [9.17, 15) is 5.11 Å². The number of aliphatic hydroxyl groups excluding tert-OH is 1. The van der Waals surface area contributed by atoms with Crippen LogP contribution < -0.4 is 0 Å². The molecule has 0 amide bonds. The van der Waals surface area contributed by atoms with Crippen LogP contribution in [-0.4, -0.2) is 134 Å². The van der Waals surface area contributed by atoms with Gasteiger partial charge in [0.2, 0.25) is 0 Å². The van der Waals surface area contributed by atoms with Crippen molar-refractivity contribution in [1.82, 2.24) is 24.5 Å². The summed E-state index contributed by atoms with van der Waals surface area (Å²) in [7, 11) is 0. The van der Waals surface area contributed by atoms with Gasteiger partial charge in [0.05, 0.1) is 6.10 Å². The van der Waals surface area contributed by atoms with Crippen molar-refractivity contribution in [1.29, 1.82) is 0 Å². The van der Waals surface area contributed by atoms with E-state index in [1.54, 1.807) is 0 Å². The molecule has 0 radical (unpaired) electrons. The number of rotatable bonds is 69. The Bertz CT molecular complexity index is 1160. The van der Waals surface area contributed by atoms with Gasteiger partial charge in [-0.15, -0.1) is 0 Å². The van der Waals surface area contributed by atoms with Crippen molar-refractivity contribution in [2.24, 2.45) is 11.8 Å². The van der Waals surface area contributed by atoms with E-state index in [1.165, 1.54) is 399 Å². The average Bonchev–Trinajstić information content (AvgIpc) is 3.53. The summed E-state index contributed by atoms with van der Waals surface area (Å²) in [5.41, 5.74) is 0. The third kappa shape index (κ3) is 56.7. The molecule has 6 heteroatoms. The summed E-state index contributed by atoms with van der Waals surface area (Å²) in [6.45, 7) is 34.7. The summed E-state index contributed by atoms with van der Waals surface area (Å²) in [5.74, 6) is 1.48. The van der Waals surface area contributed by atoms with Crippen LogP contribution in [-0.2, 0) is 0 Å². The number of hydrogen-bond donors (Lipinski definition) is 1. The van der Waals surface area contributed by atoms with Crippen molar-refractivity contribution in [2.45, 2.75) is 388 Å². The van der Waals surface area contributed by atoms with Crippen LogP contribution in [0.2, 0.25) is 0 Å². The Balaban J connectivity index is 2.87. The molecule has 0 aromatic heterocycles. The van der Waals surface area contributed by atoms with Crippen molar-refractivity contribution < 1.29 is 5.11 Å². The molecule has 498 valence electrons. The molecule has 0 aromatic rings. The zero-order chi connectivity index (χ0) is 60.0. The van der Waals surface area contributed by atoms with Crippen LogP contribution >= 0.6 is 0 Å². The molecule has 1 aliphatic rings. The topological polar surface area (TPSA) is 36.4 Å². The van der Waals surface area contributed by atoms with Crippen molar-refractivity contribution in [3.8, 4) is 0 Å². The number of piperazine rings is 1. The second kappa shape index (κ2) is 64.7. The minimum atomic E-state index is -0.187. The SMILES string of the molecule is CCCCCCCCCCCCCN(CCCCCCCCCCCCC)CCN(CCN1CCN(CCN(CC(C)CCCCCCCCCCC)CC(O)CCCCCCCCCCC)CC1)CC(C)CCCCCCCCCCC. The van der Waals surface area contributed by atoms with Crippen molar-refractivity contribution in [3.05, 3.63) is 0 Å². The highest BCUT2D eigenvalue weighted by atomic mass is 16.3. The van der Waals surface area contributed by atoms with Crippen LogP contribution in [0.3, 0.4) is 0 Å². The summed E-state index contributed by atoms with van der Waals surface area (Å²) in [5, 5.41) is 11.4. The zero-order valence-electron chi connectivity index (χ0n) is 58.8. The van der Waals surface area contributed by atoms with E-state index < -0.39 is 0 Å². The Hall–Kier alpha value is -0.240. The molecule has 1 heterocycles. The molecular formula is C77H159N5O. The third-order valence-electron chi connectivity index (χ3n) is 19.7. The molecule has 1 saturated heterocycles. The molecule has 0 aromatic carbocycles. The van der Waals surface area contributed by atoms with Gasteiger partial charge in [0.1, 0.15) is 0 Å². The molecule has 1 fully saturated rings. The zero-order valence-corrected chi connectivity index (χ0v) is 58.8. The first-order valence-corrected chi connectivity index (χ1v) is 39.1. The maximum absolute atomic E-state index is 11.4. The lowest BCUT2D eigenvalue weighted by molar-refractivity contribution is 0.0733. The van der Waals surface area contributed by atoms with Crippen LogP contribution in [0.4, 0.5) is 0 Å². The van der Waals surface area contributed by atoms with E-state index in [1.807, 2.05) is 0 Å². The van der Waals surface area contributed by atoms with Gasteiger partial charge in [-0.05, 0) is 57.0 Å². The van der Waals surface area contributed by atoms with Gasteiger partial charge in [-0.1, -0.05) is 350 Å². The molecular weight excluding hydrogens is 1010 g/mol. The smallest absolute Gasteiger partial charge is 0.0667 e. The van der Waals surface area contributed by atoms with E-state index in [0.717, 1.165) is 38.5 Å². The molecule has 1 N–H and O–H groups in total. The highest BCUT2D eigenvalue weighted by molar-refractivity contribution is 4.77. The molecule has 0 aliphatic carbocycles. The summed E-state index contributed by atoms with van der Waals surface area (Å²) in [6.07, 6.45) is 72.8. The first-order chi connectivity index (χ1) is 40.8. The van der Waals surface area contributed by atoms with Gasteiger partial charge in [-0.2, -0.15) is 0 Å². The first kappa shape index (κ1) is 80.8. The Morgan fingerprint density at radius 3 is 0.807 bits per heavy atom. The van der Waals surface area contributed by atoms with Gasteiger partial charge >= 0.3 is 0 Å². The summed E-state index contributed by atoms with van der Waals surface area (Å²) in [4.78, 5) is 14.1. The minimum Gasteiger partial charge on any atom is -0.392 e. The minimum absolute atomic E-state index is 0.187. The molecule has 0 saturated carbocycles. The molecule has 0 bridgehead atoms. The quantitative estimate of drug-likeness (QED) is 0.0612. The fourth-order valence-electron chi connectivity index (χ4n) is 13.7. The van der Waals surface area contributed by atoms with Crippen LogP contribution in [0.15, 0.2) is 0 Å². The molecule has 6 nitrogen and oxygen atoms in total. The van der Waals surface area contributed by atoms with Crippen molar-refractivity contribution in [3.63, 3.8) is 0 Å². The normalized spacial score (nSPS) is 14.8. The lowest BCUT2D eigenvalue weighted by Gasteiger charge is -2.38. The largest absolute Gasteiger partial charge is 0.392 e. The van der Waals surface area contributed by atoms with Gasteiger partial charge in [0, 0.05) is 85.1 Å². The predicted molar refractivity (Wildman–Crippen MR) is 375 cm³/mol. The van der Waals surface area contributed by atoms with E-state index in [0.29, 0.717) is 5.92 Å². The summed E-state index contributed by atoms with van der Waals surface area (Å²) in [6, 6.07) is 0. The van der Waals surface area contributed by atoms with E-state index in [2.05, 4.69) is 73.0 Å². The molecule has 1 aliphatic heterocycles. The van der Waals surface area contributed by atoms with Gasteiger partial charge in [0.25, 0.3) is 0 Å². The maximum Gasteiger partial charge on any atom is 0.0667 e. The highest BCUT2D eigenvalue weighted by Crippen LogP contribution is 2.20. The Labute approximate surface area is 525 Å². The maximum atomic E-state index is 11.4. The molecule has 0 spiro atoms. The Kier molecular flexibility index (Phi) is 63.0. The number of hydrogen-bond acceptors (Lipinski definition) is 6. The average molecular weight is 1170 g/mol. The van der Waals surface area contributed by atoms with Gasteiger partial charge in [-0.25, -0.2) is 0 Å². The van der Waals surface area contributed by atoms with Crippen LogP contribution in [0.1, 0.15) is 382 Å². The number of aliphatic hydroxyl groups is 1. The Morgan fingerprint density at radius 2 is 0.494 bits per heavy atom. The predicted octanol–water partition coefficient (Wildman–Crippen LogP) is 22.5. The van der Waals surface area contributed by atoms with Gasteiger partial charge in [-0.3, -0.25) is 14.7 Å². The highest BCUT2D eigenvalue weighted by Gasteiger charge is 2.22. The lowest BCUT2D eigenvalue weighted by Crippen LogP contribution is -2.51. The molecule has 1 rings (SSSR count). The van der Waals surface area contributed by atoms with Crippen LogP contribution in [0.5, 0.6) is 0 Å². The van der Waals surface area contributed by atoms with Gasteiger partial charge < -0.3 is 14.9 Å². The molecule has 3 atom stereocenters. The lowest BCUT2D eigenvalue weighted by atomic mass is 10.00. The van der Waals surface area contributed by atoms with E-state index in [4.69, 9.17) is 0 Å². The van der Waals surface area contributed by atoms with Crippen LogP contribution in [0, 0.1) is 11.8 Å². The number of unbranched alkanes of at least 4 members (excludes halogenated alkanes) is 44. The first-order valence-electron chi connectivity index (χ1n) is 39.1. The van der Waals surface area contributed by atoms with Crippen molar-refractivity contribution >= 4 is 0 Å². The molecule has 83 heavy (non-hydrogen) atoms. The van der Waals surface area contributed by atoms with Crippen molar-refractivity contribution in [2.75, 3.05) is 98.2 Å². The van der Waals surface area contributed by atoms with Crippen LogP contribution in [0.25, 0.3) is 0 Å². The second-order valence-electron chi connectivity index (χ2n) is 28.4. The van der Waals surface area contributed by atoms with E-state index >= 15 is 0 Å². The third-order valence-corrected chi connectivity index (χ3v) is 19.7. The fourth-order valence-corrected chi connectivity index (χ4v) is 13.7. The standard InChI is InChI=1S/C77H159N5O/c1-8-13-18-23-28-33-35-40-45-50-55-60-78(61-56-51-46-41-36-34-29-24-19-14-9-2)66-69-81(72-75(6)57-52-47-42-37-30-25-20-15-10-3)70-67-79-62-64-80(65-63-79)68-71-82(73-76(7)58-53-48-43-38-31-26-21-16-11-4)74-77(83)59-54-49-44-39-32-27-22-17-12-5/h75-77,83H,8-74H2,1-7H3. The second-order valence-corrected chi connectivity index (χ2v) is 28.4. The van der Waals surface area contributed by atoms with E-state index in [-0.39, 0.29) is 6.10 Å². The molecule has 3 unspecified atom stereocenters.